The maximum absolute atomic E-state index is 11.7. The first-order chi connectivity index (χ1) is 11.0. The van der Waals surface area contributed by atoms with Crippen molar-refractivity contribution < 1.29 is 4.79 Å². The predicted molar refractivity (Wildman–Crippen MR) is 90.0 cm³/mol. The molecule has 0 aliphatic carbocycles. The Balaban J connectivity index is 2.06. The lowest BCUT2D eigenvalue weighted by Crippen LogP contribution is -2.26. The Kier molecular flexibility index (Phi) is 3.94. The smallest absolute Gasteiger partial charge is 0.269 e. The number of aromatic amines is 1. The van der Waals surface area contributed by atoms with Gasteiger partial charge < -0.3 is 21.8 Å². The lowest BCUT2D eigenvalue weighted by atomic mass is 10.2. The number of amides is 1. The minimum Gasteiger partial charge on any atom is -0.367 e. The molecule has 118 valence electrons. The molecule has 3 aromatic rings. The number of nitrogens with one attached hydrogen (secondary N) is 2. The number of carbonyl (C=O) groups excluding carboxylic acids is 1. The third-order valence-electron chi connectivity index (χ3n) is 3.40. The van der Waals surface area contributed by atoms with Crippen molar-refractivity contribution in [2.24, 2.45) is 11.5 Å². The van der Waals surface area contributed by atoms with Crippen LogP contribution in [0.3, 0.4) is 0 Å². The summed E-state index contributed by atoms with van der Waals surface area (Å²) in [6.07, 6.45) is 1.48. The summed E-state index contributed by atoms with van der Waals surface area (Å²) in [6, 6.07) is 9.70. The van der Waals surface area contributed by atoms with Crippen LogP contribution >= 0.6 is 0 Å². The number of benzene rings is 1. The van der Waals surface area contributed by atoms with Crippen molar-refractivity contribution >= 4 is 22.6 Å². The monoisotopic (exact) mass is 310 g/mol. The van der Waals surface area contributed by atoms with E-state index in [9.17, 15) is 4.79 Å². The molecule has 1 unspecified atom stereocenters. The van der Waals surface area contributed by atoms with Crippen molar-refractivity contribution in [3.63, 3.8) is 0 Å². The molecule has 1 amide bonds. The predicted octanol–water partition coefficient (Wildman–Crippen LogP) is 1.48. The number of anilines is 1. The summed E-state index contributed by atoms with van der Waals surface area (Å²) >= 11 is 0. The Bertz CT molecular complexity index is 822. The lowest BCUT2D eigenvalue weighted by molar-refractivity contribution is 0.0996. The summed E-state index contributed by atoms with van der Waals surface area (Å²) < 4.78 is 0. The maximum Gasteiger partial charge on any atom is 0.269 e. The number of para-hydroxylation sites is 1. The third-order valence-corrected chi connectivity index (χ3v) is 3.40. The van der Waals surface area contributed by atoms with Crippen molar-refractivity contribution in [3.8, 4) is 11.4 Å². The van der Waals surface area contributed by atoms with Gasteiger partial charge in [-0.2, -0.15) is 0 Å². The van der Waals surface area contributed by atoms with Crippen molar-refractivity contribution in [2.75, 3.05) is 11.9 Å². The number of rotatable bonds is 5. The SMILES string of the molecule is CC(N)CNc1cnc(C(N)=O)c(-c2cc3ccccc3[nH]2)n1. The summed E-state index contributed by atoms with van der Waals surface area (Å²) in [7, 11) is 0. The Hall–Kier alpha value is -2.93. The van der Waals surface area contributed by atoms with Gasteiger partial charge in [0, 0.05) is 23.5 Å². The van der Waals surface area contributed by atoms with Gasteiger partial charge in [0.2, 0.25) is 0 Å². The summed E-state index contributed by atoms with van der Waals surface area (Å²) in [5, 5.41) is 4.11. The highest BCUT2D eigenvalue weighted by molar-refractivity contribution is 5.98. The Morgan fingerprint density at radius 2 is 2.17 bits per heavy atom. The third kappa shape index (κ3) is 3.14. The summed E-state index contributed by atoms with van der Waals surface area (Å²) in [5.41, 5.74) is 13.3. The molecule has 0 aliphatic rings. The van der Waals surface area contributed by atoms with Gasteiger partial charge in [-0.25, -0.2) is 9.97 Å². The van der Waals surface area contributed by atoms with Gasteiger partial charge in [-0.3, -0.25) is 4.79 Å². The second kappa shape index (κ2) is 6.05. The Labute approximate surface area is 133 Å². The molecule has 0 fully saturated rings. The van der Waals surface area contributed by atoms with Crippen molar-refractivity contribution in [2.45, 2.75) is 13.0 Å². The van der Waals surface area contributed by atoms with E-state index >= 15 is 0 Å². The zero-order valence-electron chi connectivity index (χ0n) is 12.7. The molecule has 0 saturated carbocycles. The average Bonchev–Trinajstić information content (AvgIpc) is 2.96. The summed E-state index contributed by atoms with van der Waals surface area (Å²) in [5.74, 6) is -0.0779. The average molecular weight is 310 g/mol. The van der Waals surface area contributed by atoms with Crippen LogP contribution < -0.4 is 16.8 Å². The molecule has 0 aliphatic heterocycles. The normalized spacial score (nSPS) is 12.3. The van der Waals surface area contributed by atoms with Gasteiger partial charge in [-0.05, 0) is 19.1 Å². The second-order valence-corrected chi connectivity index (χ2v) is 5.45. The van der Waals surface area contributed by atoms with Gasteiger partial charge in [0.15, 0.2) is 5.69 Å². The fraction of sp³-hybridized carbons (Fsp3) is 0.188. The minimum absolute atomic E-state index is 0.0239. The fourth-order valence-electron chi connectivity index (χ4n) is 2.31. The molecule has 2 aromatic heterocycles. The molecule has 6 N–H and O–H groups in total. The molecule has 7 nitrogen and oxygen atoms in total. The van der Waals surface area contributed by atoms with E-state index < -0.39 is 5.91 Å². The van der Waals surface area contributed by atoms with E-state index in [4.69, 9.17) is 11.5 Å². The first kappa shape index (κ1) is 15.0. The molecular formula is C16H18N6O. The molecule has 0 bridgehead atoms. The van der Waals surface area contributed by atoms with E-state index in [0.717, 1.165) is 10.9 Å². The van der Waals surface area contributed by atoms with Crippen molar-refractivity contribution in [1.29, 1.82) is 0 Å². The highest BCUT2D eigenvalue weighted by atomic mass is 16.1. The number of hydrogen-bond donors (Lipinski definition) is 4. The highest BCUT2D eigenvalue weighted by Crippen LogP contribution is 2.25. The molecule has 0 saturated heterocycles. The van der Waals surface area contributed by atoms with Crippen LogP contribution in [0.1, 0.15) is 17.4 Å². The molecule has 0 radical (unpaired) electrons. The number of hydrogen-bond acceptors (Lipinski definition) is 5. The first-order valence-electron chi connectivity index (χ1n) is 7.29. The number of carbonyl (C=O) groups is 1. The molecule has 3 rings (SSSR count). The Morgan fingerprint density at radius 3 is 2.87 bits per heavy atom. The quantitative estimate of drug-likeness (QED) is 0.568. The number of nitrogens with two attached hydrogens (primary N) is 2. The van der Waals surface area contributed by atoms with E-state index in [1.54, 1.807) is 0 Å². The minimum atomic E-state index is -0.620. The van der Waals surface area contributed by atoms with Gasteiger partial charge >= 0.3 is 0 Å². The molecule has 1 aromatic carbocycles. The molecule has 23 heavy (non-hydrogen) atoms. The fourth-order valence-corrected chi connectivity index (χ4v) is 2.31. The maximum atomic E-state index is 11.7. The first-order valence-corrected chi connectivity index (χ1v) is 7.29. The summed E-state index contributed by atoms with van der Waals surface area (Å²) in [4.78, 5) is 23.5. The van der Waals surface area contributed by atoms with Gasteiger partial charge in [0.25, 0.3) is 5.91 Å². The molecule has 1 atom stereocenters. The van der Waals surface area contributed by atoms with E-state index in [2.05, 4.69) is 20.3 Å². The second-order valence-electron chi connectivity index (χ2n) is 5.45. The van der Waals surface area contributed by atoms with E-state index in [0.29, 0.717) is 23.8 Å². The zero-order valence-corrected chi connectivity index (χ0v) is 12.7. The van der Waals surface area contributed by atoms with Gasteiger partial charge in [-0.15, -0.1) is 0 Å². The van der Waals surface area contributed by atoms with E-state index in [-0.39, 0.29) is 11.7 Å². The largest absolute Gasteiger partial charge is 0.367 e. The Morgan fingerprint density at radius 1 is 1.39 bits per heavy atom. The number of aromatic nitrogens is 3. The van der Waals surface area contributed by atoms with Crippen LogP contribution in [0, 0.1) is 0 Å². The van der Waals surface area contributed by atoms with Gasteiger partial charge in [-0.1, -0.05) is 18.2 Å². The van der Waals surface area contributed by atoms with Crippen LogP contribution in [0.5, 0.6) is 0 Å². The van der Waals surface area contributed by atoms with E-state index in [1.807, 2.05) is 37.3 Å². The number of H-pyrrole nitrogens is 1. The summed E-state index contributed by atoms with van der Waals surface area (Å²) in [6.45, 7) is 2.44. The molecule has 7 heteroatoms. The molecule has 0 spiro atoms. The van der Waals surface area contributed by atoms with Crippen molar-refractivity contribution in [1.82, 2.24) is 15.0 Å². The zero-order chi connectivity index (χ0) is 16.4. The molecular weight excluding hydrogens is 292 g/mol. The van der Waals surface area contributed by atoms with Crippen molar-refractivity contribution in [3.05, 3.63) is 42.2 Å². The van der Waals surface area contributed by atoms with Crippen LogP contribution in [-0.2, 0) is 0 Å². The highest BCUT2D eigenvalue weighted by Gasteiger charge is 2.16. The van der Waals surface area contributed by atoms with Gasteiger partial charge in [0.1, 0.15) is 11.5 Å². The van der Waals surface area contributed by atoms with Crippen LogP contribution in [-0.4, -0.2) is 33.4 Å². The van der Waals surface area contributed by atoms with Crippen LogP contribution in [0.15, 0.2) is 36.5 Å². The van der Waals surface area contributed by atoms with Crippen LogP contribution in [0.2, 0.25) is 0 Å². The number of primary amides is 1. The van der Waals surface area contributed by atoms with E-state index in [1.165, 1.54) is 6.20 Å². The van der Waals surface area contributed by atoms with Gasteiger partial charge in [0.05, 0.1) is 11.9 Å². The lowest BCUT2D eigenvalue weighted by Gasteiger charge is -2.10. The van der Waals surface area contributed by atoms with Crippen LogP contribution in [0.25, 0.3) is 22.3 Å². The standard InChI is InChI=1S/C16H18N6O/c1-9(17)7-19-13-8-20-15(16(18)23)14(22-13)12-6-10-4-2-3-5-11(10)21-12/h2-6,8-9,21H,7,17H2,1H3,(H2,18,23)(H,19,22). The number of nitrogens with zero attached hydrogens (tertiary/aromatic N) is 2. The van der Waals surface area contributed by atoms with Crippen LogP contribution in [0.4, 0.5) is 5.82 Å². The number of fused-ring (bicyclic) bond motifs is 1. The molecule has 2 heterocycles. The topological polar surface area (TPSA) is 123 Å².